The number of thiazole rings is 1. The van der Waals surface area contributed by atoms with Crippen LogP contribution >= 0.6 is 11.3 Å². The minimum Gasteiger partial charge on any atom is -0.244 e. The average molecular weight is 220 g/mol. The Hall–Kier alpha value is -0.960. The summed E-state index contributed by atoms with van der Waals surface area (Å²) in [4.78, 5) is 10.1. The van der Waals surface area contributed by atoms with Gasteiger partial charge in [0.2, 0.25) is 0 Å². The zero-order valence-electron chi connectivity index (χ0n) is 9.45. The fourth-order valence-electron chi connectivity index (χ4n) is 1.58. The van der Waals surface area contributed by atoms with Crippen LogP contribution in [0.1, 0.15) is 38.6 Å². The number of hydrogen-bond donors (Lipinski definition) is 0. The molecule has 0 saturated carbocycles. The van der Waals surface area contributed by atoms with Gasteiger partial charge < -0.3 is 0 Å². The highest BCUT2D eigenvalue weighted by molar-refractivity contribution is 7.18. The molecule has 0 amide bonds. The van der Waals surface area contributed by atoms with Gasteiger partial charge in [0.25, 0.3) is 0 Å². The quantitative estimate of drug-likeness (QED) is 0.787. The lowest BCUT2D eigenvalue weighted by atomic mass is 9.85. The third-order valence-electron chi connectivity index (χ3n) is 3.24. The second-order valence-corrected chi connectivity index (χ2v) is 5.09. The zero-order chi connectivity index (χ0) is 10.9. The van der Waals surface area contributed by atoms with E-state index in [-0.39, 0.29) is 5.41 Å². The molecule has 0 aliphatic carbocycles. The molecule has 0 radical (unpaired) electrons. The molecule has 2 rings (SSSR count). The third-order valence-corrected chi connectivity index (χ3v) is 4.53. The van der Waals surface area contributed by atoms with Gasteiger partial charge in [0, 0.05) is 11.6 Å². The van der Waals surface area contributed by atoms with Gasteiger partial charge in [-0.05, 0) is 25.0 Å². The lowest BCUT2D eigenvalue weighted by Crippen LogP contribution is -2.18. The van der Waals surface area contributed by atoms with Crippen molar-refractivity contribution >= 4 is 21.7 Å². The Balaban J connectivity index is 2.52. The average Bonchev–Trinajstić information content (AvgIpc) is 2.72. The van der Waals surface area contributed by atoms with E-state index in [9.17, 15) is 0 Å². The molecule has 0 saturated heterocycles. The molecule has 0 N–H and O–H groups in total. The lowest BCUT2D eigenvalue weighted by molar-refractivity contribution is 0.437. The second-order valence-electron chi connectivity index (χ2n) is 4.11. The molecule has 0 atom stereocenters. The van der Waals surface area contributed by atoms with Crippen LogP contribution in [0.2, 0.25) is 0 Å². The van der Waals surface area contributed by atoms with E-state index < -0.39 is 0 Å². The highest BCUT2D eigenvalue weighted by atomic mass is 32.1. The van der Waals surface area contributed by atoms with Crippen molar-refractivity contribution in [2.24, 2.45) is 0 Å². The molecule has 0 spiro atoms. The molecule has 2 aromatic rings. The number of pyridine rings is 1. The molecule has 2 aromatic heterocycles. The molecule has 2 nitrogen and oxygen atoms in total. The van der Waals surface area contributed by atoms with E-state index >= 15 is 0 Å². The first-order valence-electron chi connectivity index (χ1n) is 5.41. The van der Waals surface area contributed by atoms with Crippen molar-refractivity contribution < 1.29 is 0 Å². The Morgan fingerprint density at radius 2 is 2.07 bits per heavy atom. The number of hydrogen-bond acceptors (Lipinski definition) is 3. The molecular weight excluding hydrogens is 204 g/mol. The van der Waals surface area contributed by atoms with Gasteiger partial charge in [0.05, 0.1) is 0 Å². The topological polar surface area (TPSA) is 25.8 Å². The van der Waals surface area contributed by atoms with Crippen LogP contribution in [0.25, 0.3) is 10.3 Å². The molecule has 0 aromatic carbocycles. The summed E-state index contributed by atoms with van der Waals surface area (Å²) in [5.41, 5.74) is 1.25. The Bertz CT molecular complexity index is 424. The molecular formula is C12H16N2S. The zero-order valence-corrected chi connectivity index (χ0v) is 10.3. The van der Waals surface area contributed by atoms with Crippen molar-refractivity contribution in [3.63, 3.8) is 0 Å². The minimum atomic E-state index is 0.214. The molecule has 0 bridgehead atoms. The van der Waals surface area contributed by atoms with Crippen molar-refractivity contribution in [3.05, 3.63) is 23.3 Å². The maximum atomic E-state index is 4.68. The molecule has 0 unspecified atom stereocenters. The van der Waals surface area contributed by atoms with Crippen LogP contribution in [0, 0.1) is 0 Å². The molecule has 15 heavy (non-hydrogen) atoms. The van der Waals surface area contributed by atoms with Gasteiger partial charge in [-0.3, -0.25) is 0 Å². The van der Waals surface area contributed by atoms with Crippen LogP contribution < -0.4 is 0 Å². The highest BCUT2D eigenvalue weighted by Crippen LogP contribution is 2.35. The summed E-state index contributed by atoms with van der Waals surface area (Å²) in [7, 11) is 0. The molecule has 0 aliphatic heterocycles. The van der Waals surface area contributed by atoms with E-state index in [0.29, 0.717) is 0 Å². The van der Waals surface area contributed by atoms with E-state index in [1.54, 1.807) is 11.3 Å². The van der Waals surface area contributed by atoms with Crippen LogP contribution in [0.15, 0.2) is 18.3 Å². The second kappa shape index (κ2) is 3.89. The Labute approximate surface area is 94.4 Å². The summed E-state index contributed by atoms with van der Waals surface area (Å²) in [6.45, 7) is 6.73. The van der Waals surface area contributed by atoms with Crippen molar-refractivity contribution in [3.8, 4) is 0 Å². The van der Waals surface area contributed by atoms with Gasteiger partial charge in [-0.2, -0.15) is 0 Å². The first kappa shape index (κ1) is 10.6. The monoisotopic (exact) mass is 220 g/mol. The Morgan fingerprint density at radius 1 is 1.33 bits per heavy atom. The molecule has 0 aliphatic rings. The fraction of sp³-hybridized carbons (Fsp3) is 0.500. The summed E-state index contributed by atoms with van der Waals surface area (Å²) in [5.74, 6) is 0. The van der Waals surface area contributed by atoms with Crippen LogP contribution in [0.5, 0.6) is 0 Å². The van der Waals surface area contributed by atoms with Gasteiger partial charge in [-0.1, -0.05) is 32.1 Å². The summed E-state index contributed by atoms with van der Waals surface area (Å²) < 4.78 is 0. The molecule has 0 fully saturated rings. The van der Waals surface area contributed by atoms with E-state index in [2.05, 4.69) is 30.7 Å². The van der Waals surface area contributed by atoms with E-state index in [0.717, 1.165) is 23.2 Å². The first-order chi connectivity index (χ1) is 7.19. The van der Waals surface area contributed by atoms with Crippen LogP contribution in [0.4, 0.5) is 0 Å². The van der Waals surface area contributed by atoms with Gasteiger partial charge in [-0.15, -0.1) is 0 Å². The number of rotatable bonds is 3. The largest absolute Gasteiger partial charge is 0.244 e. The predicted molar refractivity (Wildman–Crippen MR) is 65.3 cm³/mol. The van der Waals surface area contributed by atoms with Gasteiger partial charge in [0.15, 0.2) is 0 Å². The van der Waals surface area contributed by atoms with Crippen molar-refractivity contribution in [1.29, 1.82) is 0 Å². The van der Waals surface area contributed by atoms with Crippen LogP contribution in [0.3, 0.4) is 0 Å². The maximum absolute atomic E-state index is 4.68. The molecule has 80 valence electrons. The van der Waals surface area contributed by atoms with Gasteiger partial charge in [0.1, 0.15) is 15.4 Å². The first-order valence-corrected chi connectivity index (χ1v) is 6.23. The lowest BCUT2D eigenvalue weighted by Gasteiger charge is -2.23. The minimum absolute atomic E-state index is 0.214. The normalized spacial score (nSPS) is 12.2. The van der Waals surface area contributed by atoms with Crippen molar-refractivity contribution in [2.75, 3.05) is 0 Å². The van der Waals surface area contributed by atoms with E-state index in [1.165, 1.54) is 5.01 Å². The summed E-state index contributed by atoms with van der Waals surface area (Å²) in [5, 5.41) is 1.22. The van der Waals surface area contributed by atoms with E-state index in [1.807, 2.05) is 18.3 Å². The van der Waals surface area contributed by atoms with Crippen molar-refractivity contribution in [2.45, 2.75) is 39.0 Å². The van der Waals surface area contributed by atoms with Crippen molar-refractivity contribution in [1.82, 2.24) is 9.97 Å². The molecule has 3 heteroatoms. The molecule has 2 heterocycles. The number of fused-ring (bicyclic) bond motifs is 1. The summed E-state index contributed by atoms with van der Waals surface area (Å²) >= 11 is 1.73. The number of nitrogens with zero attached hydrogens (tertiary/aromatic N) is 2. The fourth-order valence-corrected chi connectivity index (χ4v) is 2.77. The van der Waals surface area contributed by atoms with Gasteiger partial charge in [-0.25, -0.2) is 9.97 Å². The van der Waals surface area contributed by atoms with Crippen LogP contribution in [-0.4, -0.2) is 9.97 Å². The SMILES string of the molecule is CCC(C)(CC)c1nc2cccnc2s1. The Kier molecular flexibility index (Phi) is 2.74. The Morgan fingerprint density at radius 3 is 2.67 bits per heavy atom. The predicted octanol–water partition coefficient (Wildman–Crippen LogP) is 3.77. The van der Waals surface area contributed by atoms with Gasteiger partial charge >= 0.3 is 0 Å². The standard InChI is InChI=1S/C12H16N2S/c1-4-12(3,5-2)11-14-9-7-6-8-13-10(9)15-11/h6-8H,4-5H2,1-3H3. The van der Waals surface area contributed by atoms with Crippen LogP contribution in [-0.2, 0) is 5.41 Å². The maximum Gasteiger partial charge on any atom is 0.143 e. The summed E-state index contributed by atoms with van der Waals surface area (Å²) in [6, 6.07) is 3.98. The summed E-state index contributed by atoms with van der Waals surface area (Å²) in [6.07, 6.45) is 4.09. The third kappa shape index (κ3) is 1.76. The van der Waals surface area contributed by atoms with E-state index in [4.69, 9.17) is 0 Å². The highest BCUT2D eigenvalue weighted by Gasteiger charge is 2.26. The number of aromatic nitrogens is 2. The smallest absolute Gasteiger partial charge is 0.143 e.